The molecule has 0 fully saturated rings. The van der Waals surface area contributed by atoms with Crippen molar-refractivity contribution >= 4 is 10.8 Å². The van der Waals surface area contributed by atoms with Gasteiger partial charge in [-0.15, -0.1) is 0 Å². The summed E-state index contributed by atoms with van der Waals surface area (Å²) < 4.78 is 11.0. The van der Waals surface area contributed by atoms with E-state index in [0.29, 0.717) is 0 Å². The highest BCUT2D eigenvalue weighted by Gasteiger charge is 1.99. The van der Waals surface area contributed by atoms with Gasteiger partial charge in [0.05, 0.1) is 0 Å². The summed E-state index contributed by atoms with van der Waals surface area (Å²) in [5.74, 6) is 1.60. The topological polar surface area (TPSA) is 43.1 Å². The Labute approximate surface area is 65.6 Å². The summed E-state index contributed by atoms with van der Waals surface area (Å²) in [7, 11) is -0.621. The zero-order chi connectivity index (χ0) is 7.98. The molecule has 0 spiro atoms. The summed E-state index contributed by atoms with van der Waals surface area (Å²) in [6.45, 7) is 3.99. The molecule has 2 nitrogen and oxygen atoms in total. The average molecular weight is 163 g/mol. The van der Waals surface area contributed by atoms with Crippen molar-refractivity contribution in [3.63, 3.8) is 0 Å². The van der Waals surface area contributed by atoms with Crippen molar-refractivity contribution in [3.05, 3.63) is 0 Å². The van der Waals surface area contributed by atoms with Crippen LogP contribution in [0.15, 0.2) is 0 Å². The second-order valence-electron chi connectivity index (χ2n) is 2.61. The molecule has 10 heavy (non-hydrogen) atoms. The highest BCUT2D eigenvalue weighted by molar-refractivity contribution is 7.84. The van der Waals surface area contributed by atoms with E-state index < -0.39 is 10.8 Å². The lowest BCUT2D eigenvalue weighted by molar-refractivity contribution is 0.666. The van der Waals surface area contributed by atoms with E-state index in [0.717, 1.165) is 24.3 Å². The van der Waals surface area contributed by atoms with Gasteiger partial charge in [-0.05, 0) is 19.8 Å². The van der Waals surface area contributed by atoms with Crippen LogP contribution in [0.2, 0.25) is 0 Å². The summed E-state index contributed by atoms with van der Waals surface area (Å²) in [4.78, 5) is 0. The fraction of sp³-hybridized carbons (Fsp3) is 1.00. The van der Waals surface area contributed by atoms with Crippen molar-refractivity contribution in [2.24, 2.45) is 5.73 Å². The molecule has 0 aliphatic carbocycles. The molecule has 3 heteroatoms. The van der Waals surface area contributed by atoms with E-state index in [1.165, 1.54) is 0 Å². The van der Waals surface area contributed by atoms with Gasteiger partial charge < -0.3 is 5.73 Å². The van der Waals surface area contributed by atoms with Crippen molar-refractivity contribution in [3.8, 4) is 0 Å². The van der Waals surface area contributed by atoms with Gasteiger partial charge in [-0.1, -0.05) is 6.92 Å². The van der Waals surface area contributed by atoms with E-state index >= 15 is 0 Å². The van der Waals surface area contributed by atoms with Gasteiger partial charge >= 0.3 is 0 Å². The van der Waals surface area contributed by atoms with Gasteiger partial charge in [-0.25, -0.2) is 0 Å². The first kappa shape index (κ1) is 10.1. The molecule has 0 saturated heterocycles. The minimum absolute atomic E-state index is 0.195. The number of hydrogen-bond donors (Lipinski definition) is 1. The molecule has 0 aliphatic heterocycles. The smallest absolute Gasteiger partial charge is 0.0249 e. The van der Waals surface area contributed by atoms with Crippen LogP contribution < -0.4 is 5.73 Å². The fourth-order valence-electron chi connectivity index (χ4n) is 0.647. The Kier molecular flexibility index (Phi) is 5.93. The van der Waals surface area contributed by atoms with Gasteiger partial charge in [-0.2, -0.15) is 0 Å². The summed E-state index contributed by atoms with van der Waals surface area (Å²) in [6, 6.07) is 0.195. The predicted octanol–water partition coefficient (Wildman–Crippen LogP) is 0.882. The van der Waals surface area contributed by atoms with Gasteiger partial charge in [0.25, 0.3) is 0 Å². The van der Waals surface area contributed by atoms with Crippen LogP contribution in [0.4, 0.5) is 0 Å². The standard InChI is InChI=1S/C7H17NOS/c1-3-5-10(9)6-4-7(2)8/h7H,3-6,8H2,1-2H3. The zero-order valence-electron chi connectivity index (χ0n) is 6.80. The predicted molar refractivity (Wildman–Crippen MR) is 46.4 cm³/mol. The molecule has 0 heterocycles. The average Bonchev–Trinajstić information content (AvgIpc) is 1.85. The third-order valence-electron chi connectivity index (χ3n) is 1.23. The molecular weight excluding hydrogens is 146 g/mol. The monoisotopic (exact) mass is 163 g/mol. The molecule has 0 aromatic carbocycles. The van der Waals surface area contributed by atoms with Gasteiger partial charge in [0.1, 0.15) is 0 Å². The highest BCUT2D eigenvalue weighted by atomic mass is 32.2. The molecule has 0 aromatic heterocycles. The molecule has 62 valence electrons. The van der Waals surface area contributed by atoms with Gasteiger partial charge in [0, 0.05) is 28.3 Å². The molecule has 2 unspecified atom stereocenters. The van der Waals surface area contributed by atoms with Gasteiger partial charge in [-0.3, -0.25) is 4.21 Å². The first-order chi connectivity index (χ1) is 4.66. The molecule has 0 rings (SSSR count). The molecule has 0 amide bonds. The maximum Gasteiger partial charge on any atom is 0.0249 e. The van der Waals surface area contributed by atoms with Crippen LogP contribution in [0.1, 0.15) is 26.7 Å². The molecule has 0 saturated carbocycles. The Morgan fingerprint density at radius 1 is 1.50 bits per heavy atom. The summed E-state index contributed by atoms with van der Waals surface area (Å²) >= 11 is 0. The summed E-state index contributed by atoms with van der Waals surface area (Å²) in [6.07, 6.45) is 1.89. The molecule has 0 aliphatic rings. The SMILES string of the molecule is CCCS(=O)CCC(C)N. The number of rotatable bonds is 5. The Balaban J connectivity index is 3.22. The van der Waals surface area contributed by atoms with Crippen LogP contribution in [0, 0.1) is 0 Å². The van der Waals surface area contributed by atoms with Crippen molar-refractivity contribution in [2.45, 2.75) is 32.7 Å². The number of nitrogens with two attached hydrogens (primary N) is 1. The van der Waals surface area contributed by atoms with Crippen molar-refractivity contribution in [2.75, 3.05) is 11.5 Å². The lowest BCUT2D eigenvalue weighted by atomic mass is 10.3. The van der Waals surface area contributed by atoms with Gasteiger partial charge in [0.2, 0.25) is 0 Å². The van der Waals surface area contributed by atoms with E-state index in [1.807, 2.05) is 13.8 Å². The third-order valence-corrected chi connectivity index (χ3v) is 2.79. The Hall–Kier alpha value is 0.110. The number of hydrogen-bond acceptors (Lipinski definition) is 2. The Bertz CT molecular complexity index is 104. The Morgan fingerprint density at radius 2 is 2.10 bits per heavy atom. The zero-order valence-corrected chi connectivity index (χ0v) is 7.62. The lowest BCUT2D eigenvalue weighted by Crippen LogP contribution is -2.18. The van der Waals surface area contributed by atoms with E-state index in [-0.39, 0.29) is 6.04 Å². The first-order valence-corrected chi connectivity index (χ1v) is 5.26. The molecular formula is C7H17NOS. The first-order valence-electron chi connectivity index (χ1n) is 3.77. The van der Waals surface area contributed by atoms with Crippen LogP contribution in [0.3, 0.4) is 0 Å². The molecule has 0 bridgehead atoms. The third kappa shape index (κ3) is 6.23. The van der Waals surface area contributed by atoms with E-state index in [4.69, 9.17) is 5.73 Å². The van der Waals surface area contributed by atoms with Crippen molar-refractivity contribution < 1.29 is 4.21 Å². The van der Waals surface area contributed by atoms with Crippen LogP contribution in [-0.4, -0.2) is 21.8 Å². The molecule has 2 N–H and O–H groups in total. The van der Waals surface area contributed by atoms with Crippen LogP contribution >= 0.6 is 0 Å². The maximum atomic E-state index is 11.0. The lowest BCUT2D eigenvalue weighted by Gasteiger charge is -2.02. The second kappa shape index (κ2) is 5.86. The van der Waals surface area contributed by atoms with E-state index in [9.17, 15) is 4.21 Å². The Morgan fingerprint density at radius 3 is 2.50 bits per heavy atom. The summed E-state index contributed by atoms with van der Waals surface area (Å²) in [5.41, 5.74) is 5.50. The largest absolute Gasteiger partial charge is 0.328 e. The molecule has 0 aromatic rings. The quantitative estimate of drug-likeness (QED) is 0.654. The summed E-state index contributed by atoms with van der Waals surface area (Å²) in [5, 5.41) is 0. The highest BCUT2D eigenvalue weighted by Crippen LogP contribution is 1.92. The van der Waals surface area contributed by atoms with Crippen LogP contribution in [0.5, 0.6) is 0 Å². The van der Waals surface area contributed by atoms with Crippen molar-refractivity contribution in [1.82, 2.24) is 0 Å². The minimum Gasteiger partial charge on any atom is -0.328 e. The maximum absolute atomic E-state index is 11.0. The van der Waals surface area contributed by atoms with E-state index in [1.54, 1.807) is 0 Å². The minimum atomic E-state index is -0.621. The normalized spacial score (nSPS) is 16.7. The molecule has 2 atom stereocenters. The van der Waals surface area contributed by atoms with Crippen molar-refractivity contribution in [1.29, 1.82) is 0 Å². The van der Waals surface area contributed by atoms with Gasteiger partial charge in [0.15, 0.2) is 0 Å². The molecule has 0 radical (unpaired) electrons. The van der Waals surface area contributed by atoms with E-state index in [2.05, 4.69) is 0 Å². The second-order valence-corrected chi connectivity index (χ2v) is 4.31. The van der Waals surface area contributed by atoms with Crippen LogP contribution in [0.25, 0.3) is 0 Å². The van der Waals surface area contributed by atoms with Crippen LogP contribution in [-0.2, 0) is 10.8 Å². The fourth-order valence-corrected chi connectivity index (χ4v) is 1.94.